The number of hydrogen-bond acceptors (Lipinski definition) is 6. The van der Waals surface area contributed by atoms with Crippen molar-refractivity contribution in [3.63, 3.8) is 0 Å². The highest BCUT2D eigenvalue weighted by Crippen LogP contribution is 2.54. The number of aromatic nitrogens is 1. The lowest BCUT2D eigenvalue weighted by Crippen LogP contribution is -2.54. The number of pyridine rings is 1. The van der Waals surface area contributed by atoms with E-state index in [2.05, 4.69) is 21.5 Å². The third-order valence-electron chi connectivity index (χ3n) is 7.52. The Morgan fingerprint density at radius 2 is 2.00 bits per heavy atom. The van der Waals surface area contributed by atoms with Crippen LogP contribution in [0, 0.1) is 5.41 Å². The normalized spacial score (nSPS) is 30.1. The van der Waals surface area contributed by atoms with Gasteiger partial charge in [0.15, 0.2) is 0 Å². The number of nitrogens with one attached hydrogen (secondary N) is 1. The summed E-state index contributed by atoms with van der Waals surface area (Å²) in [5, 5.41) is 0. The van der Waals surface area contributed by atoms with Gasteiger partial charge in [-0.2, -0.15) is 0 Å². The van der Waals surface area contributed by atoms with Crippen molar-refractivity contribution in [3.05, 3.63) is 40.5 Å². The van der Waals surface area contributed by atoms with Crippen molar-refractivity contribution in [2.75, 3.05) is 38.6 Å². The maximum atomic E-state index is 15.4. The van der Waals surface area contributed by atoms with Crippen LogP contribution < -0.4 is 9.46 Å². The van der Waals surface area contributed by atoms with E-state index in [4.69, 9.17) is 9.47 Å². The van der Waals surface area contributed by atoms with Gasteiger partial charge in [0.1, 0.15) is 11.4 Å². The van der Waals surface area contributed by atoms with E-state index in [1.54, 1.807) is 19.3 Å². The Morgan fingerprint density at radius 1 is 1.27 bits per heavy atom. The van der Waals surface area contributed by atoms with Gasteiger partial charge in [0.05, 0.1) is 18.1 Å². The summed E-state index contributed by atoms with van der Waals surface area (Å²) in [6, 6.07) is 1.84. The van der Waals surface area contributed by atoms with Crippen LogP contribution in [-0.4, -0.2) is 63.9 Å². The zero-order valence-corrected chi connectivity index (χ0v) is 20.7. The van der Waals surface area contributed by atoms with E-state index in [0.717, 1.165) is 43.7 Å². The van der Waals surface area contributed by atoms with E-state index >= 15 is 4.39 Å². The van der Waals surface area contributed by atoms with Crippen LogP contribution in [-0.2, 0) is 27.6 Å². The first-order valence-corrected chi connectivity index (χ1v) is 13.0. The SMILES string of the molecule is CCN1CCc2cc(NS(=O)(=O)C3=CCC(C)(C4(F)CC(OC)C4)C=C3)c(OC)nc2CC1. The summed E-state index contributed by atoms with van der Waals surface area (Å²) in [6.07, 6.45) is 7.29. The molecular formula is C24H34FN3O4S. The lowest BCUT2D eigenvalue weighted by atomic mass is 9.60. The minimum Gasteiger partial charge on any atom is -0.479 e. The van der Waals surface area contributed by atoms with Gasteiger partial charge in [0.2, 0.25) is 5.88 Å². The Hall–Kier alpha value is -1.97. The summed E-state index contributed by atoms with van der Waals surface area (Å²) in [4.78, 5) is 7.08. The molecular weight excluding hydrogens is 445 g/mol. The van der Waals surface area contributed by atoms with Crippen molar-refractivity contribution in [3.8, 4) is 5.88 Å². The molecule has 2 heterocycles. The van der Waals surface area contributed by atoms with Crippen molar-refractivity contribution in [1.82, 2.24) is 9.88 Å². The molecule has 0 spiro atoms. The number of allylic oxidation sites excluding steroid dienone is 3. The Balaban J connectivity index is 1.52. The predicted octanol–water partition coefficient (Wildman–Crippen LogP) is 3.62. The summed E-state index contributed by atoms with van der Waals surface area (Å²) in [5.74, 6) is 0.260. The number of methoxy groups -OCH3 is 2. The van der Waals surface area contributed by atoms with E-state index in [1.165, 1.54) is 13.2 Å². The molecule has 2 aliphatic carbocycles. The lowest BCUT2D eigenvalue weighted by molar-refractivity contribution is -0.128. The van der Waals surface area contributed by atoms with E-state index in [0.29, 0.717) is 24.9 Å². The quantitative estimate of drug-likeness (QED) is 0.643. The molecule has 1 N–H and O–H groups in total. The number of nitrogens with zero attached hydrogens (tertiary/aromatic N) is 2. The van der Waals surface area contributed by atoms with Crippen molar-refractivity contribution in [1.29, 1.82) is 0 Å². The Kier molecular flexibility index (Phi) is 6.59. The molecule has 9 heteroatoms. The van der Waals surface area contributed by atoms with Crippen LogP contribution in [0.15, 0.2) is 29.2 Å². The Bertz CT molecular complexity index is 1070. The second-order valence-corrected chi connectivity index (χ2v) is 11.2. The van der Waals surface area contributed by atoms with E-state index in [-0.39, 0.29) is 16.9 Å². The van der Waals surface area contributed by atoms with Crippen LogP contribution >= 0.6 is 0 Å². The fourth-order valence-electron chi connectivity index (χ4n) is 4.95. The molecule has 1 atom stereocenters. The lowest BCUT2D eigenvalue weighted by Gasteiger charge is -2.51. The second-order valence-electron chi connectivity index (χ2n) is 9.48. The molecule has 0 saturated heterocycles. The number of ether oxygens (including phenoxy) is 2. The zero-order valence-electron chi connectivity index (χ0n) is 19.9. The molecule has 7 nitrogen and oxygen atoms in total. The number of rotatable bonds is 7. The molecule has 0 bridgehead atoms. The van der Waals surface area contributed by atoms with Gasteiger partial charge in [0, 0.05) is 50.6 Å². The number of fused-ring (bicyclic) bond motifs is 1. The molecule has 0 aromatic carbocycles. The predicted molar refractivity (Wildman–Crippen MR) is 127 cm³/mol. The first-order valence-electron chi connectivity index (χ1n) is 11.6. The van der Waals surface area contributed by atoms with Crippen molar-refractivity contribution in [2.24, 2.45) is 5.41 Å². The van der Waals surface area contributed by atoms with Crippen molar-refractivity contribution in [2.45, 2.75) is 57.7 Å². The number of anilines is 1. The summed E-state index contributed by atoms with van der Waals surface area (Å²) in [7, 11) is -0.799. The molecule has 0 radical (unpaired) electrons. The number of sulfonamides is 1. The third-order valence-corrected chi connectivity index (χ3v) is 8.93. The average molecular weight is 480 g/mol. The zero-order chi connectivity index (χ0) is 23.9. The molecule has 3 aliphatic rings. The molecule has 1 aromatic heterocycles. The number of halogens is 1. The van der Waals surface area contributed by atoms with Gasteiger partial charge in [-0.15, -0.1) is 0 Å². The molecule has 4 rings (SSSR count). The van der Waals surface area contributed by atoms with Gasteiger partial charge in [-0.1, -0.05) is 26.0 Å². The van der Waals surface area contributed by atoms with Gasteiger partial charge in [-0.25, -0.2) is 17.8 Å². The fraction of sp³-hybridized carbons (Fsp3) is 0.625. The second kappa shape index (κ2) is 9.00. The van der Waals surface area contributed by atoms with Crippen molar-refractivity contribution < 1.29 is 22.3 Å². The highest BCUT2D eigenvalue weighted by molar-refractivity contribution is 7.96. The van der Waals surface area contributed by atoms with Gasteiger partial charge < -0.3 is 14.4 Å². The maximum Gasteiger partial charge on any atom is 0.261 e. The highest BCUT2D eigenvalue weighted by atomic mass is 32.2. The largest absolute Gasteiger partial charge is 0.479 e. The van der Waals surface area contributed by atoms with Crippen LogP contribution in [0.5, 0.6) is 5.88 Å². The van der Waals surface area contributed by atoms with Crippen LogP contribution in [0.4, 0.5) is 10.1 Å². The number of hydrogen-bond donors (Lipinski definition) is 1. The van der Waals surface area contributed by atoms with Crippen molar-refractivity contribution >= 4 is 15.7 Å². The van der Waals surface area contributed by atoms with Gasteiger partial charge in [0.25, 0.3) is 10.0 Å². The fourth-order valence-corrected chi connectivity index (χ4v) is 6.05. The van der Waals surface area contributed by atoms with Crippen LogP contribution in [0.25, 0.3) is 0 Å². The summed E-state index contributed by atoms with van der Waals surface area (Å²) >= 11 is 0. The van der Waals surface area contributed by atoms with Crippen LogP contribution in [0.1, 0.15) is 44.4 Å². The summed E-state index contributed by atoms with van der Waals surface area (Å²) in [6.45, 7) is 6.76. The molecule has 33 heavy (non-hydrogen) atoms. The smallest absolute Gasteiger partial charge is 0.261 e. The molecule has 1 aromatic rings. The topological polar surface area (TPSA) is 80.8 Å². The average Bonchev–Trinajstić information content (AvgIpc) is 2.97. The number of likely N-dealkylation sites (N-methyl/N-ethyl adjacent to an activating group) is 1. The Labute approximate surface area is 196 Å². The van der Waals surface area contributed by atoms with E-state index in [9.17, 15) is 8.42 Å². The number of alkyl halides is 1. The van der Waals surface area contributed by atoms with Crippen LogP contribution in [0.2, 0.25) is 0 Å². The van der Waals surface area contributed by atoms with E-state index in [1.807, 2.05) is 13.0 Å². The molecule has 1 aliphatic heterocycles. The molecule has 0 amide bonds. The molecule has 1 saturated carbocycles. The third kappa shape index (κ3) is 4.55. The van der Waals surface area contributed by atoms with Gasteiger partial charge >= 0.3 is 0 Å². The molecule has 182 valence electrons. The highest BCUT2D eigenvalue weighted by Gasteiger charge is 2.56. The van der Waals surface area contributed by atoms with E-state index < -0.39 is 21.1 Å². The van der Waals surface area contributed by atoms with Crippen LogP contribution in [0.3, 0.4) is 0 Å². The minimum absolute atomic E-state index is 0.0754. The minimum atomic E-state index is -3.87. The van der Waals surface area contributed by atoms with Gasteiger partial charge in [-0.3, -0.25) is 4.72 Å². The molecule has 1 unspecified atom stereocenters. The Morgan fingerprint density at radius 3 is 2.61 bits per heavy atom. The first-order chi connectivity index (χ1) is 15.6. The monoisotopic (exact) mass is 479 g/mol. The maximum absolute atomic E-state index is 15.4. The first kappa shape index (κ1) is 24.2. The summed E-state index contributed by atoms with van der Waals surface area (Å²) in [5.41, 5.74) is 0.159. The summed E-state index contributed by atoms with van der Waals surface area (Å²) < 4.78 is 55.0. The molecule has 1 fully saturated rings. The standard InChI is InChI=1S/C24H34FN3O4S/c1-5-28-12-8-17-14-21(22(32-4)26-20(17)9-13-28)27-33(29,30)19-6-10-23(2,11-7-19)24(25)15-18(16-24)31-3/h6-7,10,14,18,27H,5,8-9,11-13,15-16H2,1-4H3. The van der Waals surface area contributed by atoms with Gasteiger partial charge in [-0.05, 0) is 37.1 Å².